The van der Waals surface area contributed by atoms with Crippen LogP contribution >= 0.6 is 0 Å². The number of benzene rings is 2. The summed E-state index contributed by atoms with van der Waals surface area (Å²) in [4.78, 5) is 27.9. The summed E-state index contributed by atoms with van der Waals surface area (Å²) < 4.78 is 12.8. The second-order valence-electron chi connectivity index (χ2n) is 6.85. The molecular weight excluding hydrogens is 384 g/mol. The highest BCUT2D eigenvalue weighted by Gasteiger charge is 2.09. The summed E-state index contributed by atoms with van der Waals surface area (Å²) in [6.45, 7) is 3.48. The zero-order valence-electron chi connectivity index (χ0n) is 17.0. The number of carbonyl (C=O) groups is 1. The fraction of sp³-hybridized carbons (Fsp3) is 0.348. The SMILES string of the molecule is CCc1nc2ccccc2c(=O)n1CCOc1ccc(CCOCCC(=O)O)cc1. The lowest BCUT2D eigenvalue weighted by atomic mass is 10.1. The average Bonchev–Trinajstić information content (AvgIpc) is 2.75. The van der Waals surface area contributed by atoms with Crippen molar-refractivity contribution in [3.63, 3.8) is 0 Å². The van der Waals surface area contributed by atoms with Gasteiger partial charge in [0.15, 0.2) is 0 Å². The van der Waals surface area contributed by atoms with Crippen LogP contribution in [0.1, 0.15) is 24.7 Å². The van der Waals surface area contributed by atoms with Crippen molar-refractivity contribution in [2.24, 2.45) is 0 Å². The molecule has 0 bridgehead atoms. The predicted octanol–water partition coefficient (Wildman–Crippen LogP) is 3.07. The topological polar surface area (TPSA) is 90.7 Å². The zero-order chi connectivity index (χ0) is 21.3. The third-order valence-electron chi connectivity index (χ3n) is 4.76. The highest BCUT2D eigenvalue weighted by atomic mass is 16.5. The van der Waals surface area contributed by atoms with Crippen LogP contribution in [0.4, 0.5) is 0 Å². The van der Waals surface area contributed by atoms with Gasteiger partial charge in [0.05, 0.1) is 37.1 Å². The van der Waals surface area contributed by atoms with Gasteiger partial charge >= 0.3 is 5.97 Å². The number of rotatable bonds is 11. The number of aromatic nitrogens is 2. The van der Waals surface area contributed by atoms with Gasteiger partial charge in [-0.2, -0.15) is 0 Å². The van der Waals surface area contributed by atoms with Gasteiger partial charge in [-0.1, -0.05) is 31.2 Å². The van der Waals surface area contributed by atoms with Gasteiger partial charge in [0.1, 0.15) is 18.2 Å². The molecule has 0 aliphatic heterocycles. The van der Waals surface area contributed by atoms with E-state index in [0.29, 0.717) is 38.0 Å². The number of nitrogens with zero attached hydrogens (tertiary/aromatic N) is 2. The Labute approximate surface area is 174 Å². The monoisotopic (exact) mass is 410 g/mol. The van der Waals surface area contributed by atoms with E-state index in [1.165, 1.54) is 0 Å². The predicted molar refractivity (Wildman–Crippen MR) is 114 cm³/mol. The van der Waals surface area contributed by atoms with E-state index < -0.39 is 5.97 Å². The molecule has 1 N–H and O–H groups in total. The fourth-order valence-corrected chi connectivity index (χ4v) is 3.17. The normalized spacial score (nSPS) is 11.0. The lowest BCUT2D eigenvalue weighted by Gasteiger charge is -2.13. The van der Waals surface area contributed by atoms with Crippen LogP contribution in [0.2, 0.25) is 0 Å². The number of aliphatic carboxylic acids is 1. The quantitative estimate of drug-likeness (QED) is 0.489. The van der Waals surface area contributed by atoms with Crippen LogP contribution in [0.25, 0.3) is 10.9 Å². The first-order valence-electron chi connectivity index (χ1n) is 10.1. The van der Waals surface area contributed by atoms with Crippen molar-refractivity contribution < 1.29 is 19.4 Å². The molecule has 0 saturated carbocycles. The van der Waals surface area contributed by atoms with E-state index in [1.54, 1.807) is 10.6 Å². The van der Waals surface area contributed by atoms with Gasteiger partial charge in [-0.15, -0.1) is 0 Å². The first kappa shape index (κ1) is 21.5. The summed E-state index contributed by atoms with van der Waals surface area (Å²) in [5.74, 6) is 0.621. The first-order valence-corrected chi connectivity index (χ1v) is 10.1. The summed E-state index contributed by atoms with van der Waals surface area (Å²) in [5.41, 5.74) is 1.76. The molecule has 158 valence electrons. The zero-order valence-corrected chi connectivity index (χ0v) is 17.0. The van der Waals surface area contributed by atoms with Crippen LogP contribution in [0.3, 0.4) is 0 Å². The smallest absolute Gasteiger partial charge is 0.305 e. The average molecular weight is 410 g/mol. The van der Waals surface area contributed by atoms with Crippen molar-refractivity contribution in [2.45, 2.75) is 32.7 Å². The molecule has 0 spiro atoms. The first-order chi connectivity index (χ1) is 14.6. The summed E-state index contributed by atoms with van der Waals surface area (Å²) in [6.07, 6.45) is 1.39. The van der Waals surface area contributed by atoms with Crippen molar-refractivity contribution in [1.29, 1.82) is 0 Å². The molecule has 30 heavy (non-hydrogen) atoms. The van der Waals surface area contributed by atoms with Gasteiger partial charge in [0, 0.05) is 6.42 Å². The maximum Gasteiger partial charge on any atom is 0.305 e. The summed E-state index contributed by atoms with van der Waals surface area (Å²) in [7, 11) is 0. The molecule has 2 aromatic carbocycles. The molecule has 0 aliphatic carbocycles. The third-order valence-corrected chi connectivity index (χ3v) is 4.76. The molecule has 0 fully saturated rings. The number of carboxylic acid groups (broad SMARTS) is 1. The second kappa shape index (κ2) is 10.5. The Kier molecular flexibility index (Phi) is 7.57. The minimum absolute atomic E-state index is 0.0162. The molecule has 7 nitrogen and oxygen atoms in total. The molecule has 0 radical (unpaired) electrons. The number of aryl methyl sites for hydroxylation is 1. The Bertz CT molecular complexity index is 1040. The van der Waals surface area contributed by atoms with Gasteiger partial charge in [-0.3, -0.25) is 14.2 Å². The lowest BCUT2D eigenvalue weighted by Crippen LogP contribution is -2.27. The molecular formula is C23H26N2O5. The van der Waals surface area contributed by atoms with Crippen LogP contribution in [0.5, 0.6) is 5.75 Å². The van der Waals surface area contributed by atoms with Crippen LogP contribution in [0.15, 0.2) is 53.3 Å². The van der Waals surface area contributed by atoms with Crippen LogP contribution < -0.4 is 10.3 Å². The molecule has 1 heterocycles. The highest BCUT2D eigenvalue weighted by Crippen LogP contribution is 2.13. The Morgan fingerprint density at radius 3 is 2.57 bits per heavy atom. The summed E-state index contributed by atoms with van der Waals surface area (Å²) in [6, 6.07) is 15.1. The van der Waals surface area contributed by atoms with Gasteiger partial charge in [-0.25, -0.2) is 4.98 Å². The number of hydrogen-bond donors (Lipinski definition) is 1. The van der Waals surface area contributed by atoms with Crippen LogP contribution in [-0.4, -0.2) is 40.4 Å². The van der Waals surface area contributed by atoms with Gasteiger partial charge < -0.3 is 14.6 Å². The molecule has 0 atom stereocenters. The molecule has 1 aromatic heterocycles. The maximum absolute atomic E-state index is 12.8. The standard InChI is InChI=1S/C23H26N2O5/c1-2-21-24-20-6-4-3-5-19(20)23(28)25(21)13-16-30-18-9-7-17(8-10-18)11-14-29-15-12-22(26)27/h3-10H,2,11-16H2,1H3,(H,26,27). The molecule has 3 rings (SSSR count). The molecule has 0 unspecified atom stereocenters. The largest absolute Gasteiger partial charge is 0.492 e. The number of fused-ring (bicyclic) bond motifs is 1. The third kappa shape index (κ3) is 5.67. The minimum atomic E-state index is -0.857. The van der Waals surface area contributed by atoms with Crippen molar-refractivity contribution >= 4 is 16.9 Å². The van der Waals surface area contributed by atoms with E-state index in [1.807, 2.05) is 49.4 Å². The molecule has 0 aliphatic rings. The minimum Gasteiger partial charge on any atom is -0.492 e. The number of para-hydroxylation sites is 1. The molecule has 0 amide bonds. The van der Waals surface area contributed by atoms with Crippen molar-refractivity contribution in [3.8, 4) is 5.75 Å². The van der Waals surface area contributed by atoms with E-state index in [9.17, 15) is 9.59 Å². The summed E-state index contributed by atoms with van der Waals surface area (Å²) in [5, 5.41) is 9.19. The van der Waals surface area contributed by atoms with Gasteiger partial charge in [-0.05, 0) is 36.2 Å². The number of ether oxygens (including phenoxy) is 2. The molecule has 3 aromatic rings. The molecule has 0 saturated heterocycles. The lowest BCUT2D eigenvalue weighted by molar-refractivity contribution is -0.138. The number of hydrogen-bond acceptors (Lipinski definition) is 5. The number of carboxylic acids is 1. The Morgan fingerprint density at radius 1 is 1.07 bits per heavy atom. The van der Waals surface area contributed by atoms with Crippen molar-refractivity contribution in [2.75, 3.05) is 19.8 Å². The fourth-order valence-electron chi connectivity index (χ4n) is 3.17. The Hall–Kier alpha value is -3.19. The molecule has 7 heteroatoms. The van der Waals surface area contributed by atoms with Crippen LogP contribution in [-0.2, 0) is 28.9 Å². The highest BCUT2D eigenvalue weighted by molar-refractivity contribution is 5.77. The van der Waals surface area contributed by atoms with Crippen LogP contribution in [0, 0.1) is 0 Å². The van der Waals surface area contributed by atoms with Crippen molar-refractivity contribution in [3.05, 3.63) is 70.3 Å². The van der Waals surface area contributed by atoms with E-state index in [4.69, 9.17) is 14.6 Å². The Balaban J connectivity index is 1.53. The van der Waals surface area contributed by atoms with E-state index >= 15 is 0 Å². The van der Waals surface area contributed by atoms with Crippen molar-refractivity contribution in [1.82, 2.24) is 9.55 Å². The van der Waals surface area contributed by atoms with E-state index in [0.717, 1.165) is 22.7 Å². The maximum atomic E-state index is 12.8. The van der Waals surface area contributed by atoms with E-state index in [2.05, 4.69) is 4.98 Å². The van der Waals surface area contributed by atoms with Gasteiger partial charge in [0.25, 0.3) is 5.56 Å². The Morgan fingerprint density at radius 2 is 1.83 bits per heavy atom. The summed E-state index contributed by atoms with van der Waals surface area (Å²) >= 11 is 0. The van der Waals surface area contributed by atoms with E-state index in [-0.39, 0.29) is 18.6 Å². The van der Waals surface area contributed by atoms with Gasteiger partial charge in [0.2, 0.25) is 0 Å². The second-order valence-corrected chi connectivity index (χ2v) is 6.85.